The molecule has 4 nitrogen and oxygen atoms in total. The number of carbonyl (C=O) groups excluding carboxylic acids is 2. The van der Waals surface area contributed by atoms with E-state index in [1.807, 2.05) is 6.92 Å². The monoisotopic (exact) mass is 293 g/mol. The van der Waals surface area contributed by atoms with Gasteiger partial charge >= 0.3 is 5.97 Å². The van der Waals surface area contributed by atoms with E-state index in [0.29, 0.717) is 18.5 Å². The average Bonchev–Trinajstić information content (AvgIpc) is 2.53. The third-order valence-corrected chi connectivity index (χ3v) is 3.95. The van der Waals surface area contributed by atoms with Gasteiger partial charge in [-0.05, 0) is 24.5 Å². The van der Waals surface area contributed by atoms with Gasteiger partial charge in [0, 0.05) is 25.4 Å². The third-order valence-electron chi connectivity index (χ3n) is 3.95. The van der Waals surface area contributed by atoms with E-state index in [1.165, 1.54) is 13.2 Å². The van der Waals surface area contributed by atoms with Gasteiger partial charge in [0.25, 0.3) is 0 Å². The Labute approximate surface area is 123 Å². The van der Waals surface area contributed by atoms with E-state index >= 15 is 0 Å². The van der Waals surface area contributed by atoms with E-state index in [-0.39, 0.29) is 17.4 Å². The molecule has 1 amide bonds. The van der Waals surface area contributed by atoms with Gasteiger partial charge < -0.3 is 9.64 Å². The molecular weight excluding hydrogens is 273 g/mol. The highest BCUT2D eigenvalue weighted by Crippen LogP contribution is 2.30. The predicted molar refractivity (Wildman–Crippen MR) is 76.6 cm³/mol. The molecule has 0 aromatic heterocycles. The maximum absolute atomic E-state index is 14.5. The fraction of sp³-hybridized carbons (Fsp3) is 0.500. The summed E-state index contributed by atoms with van der Waals surface area (Å²) in [4.78, 5) is 25.1. The first kappa shape index (κ1) is 15.5. The van der Waals surface area contributed by atoms with E-state index in [2.05, 4.69) is 4.74 Å². The molecule has 1 atom stereocenters. The van der Waals surface area contributed by atoms with Gasteiger partial charge in [0.2, 0.25) is 5.91 Å². The standard InChI is InChI=1S/C16H20FNO3/c1-3-14(19)18-9-5-6-11(10-18)12-7-4-8-13(15(12)17)16(20)21-2/h4,7-8,11H,3,5-6,9-10H2,1-2H3/t11-/m1/s1. The van der Waals surface area contributed by atoms with Crippen LogP contribution in [-0.4, -0.2) is 37.0 Å². The van der Waals surface area contributed by atoms with E-state index in [9.17, 15) is 14.0 Å². The maximum atomic E-state index is 14.5. The van der Waals surface area contributed by atoms with Gasteiger partial charge in [-0.2, -0.15) is 0 Å². The van der Waals surface area contributed by atoms with Crippen LogP contribution in [0.4, 0.5) is 4.39 Å². The van der Waals surface area contributed by atoms with E-state index in [1.54, 1.807) is 17.0 Å². The fourth-order valence-electron chi connectivity index (χ4n) is 2.81. The summed E-state index contributed by atoms with van der Waals surface area (Å²) in [5, 5.41) is 0. The summed E-state index contributed by atoms with van der Waals surface area (Å²) in [6.07, 6.45) is 2.12. The SMILES string of the molecule is CCC(=O)N1CCC[C@@H](c2cccc(C(=O)OC)c2F)C1. The smallest absolute Gasteiger partial charge is 0.340 e. The van der Waals surface area contributed by atoms with Gasteiger partial charge in [-0.25, -0.2) is 9.18 Å². The number of halogens is 1. The average molecular weight is 293 g/mol. The summed E-state index contributed by atoms with van der Waals surface area (Å²) in [6, 6.07) is 4.76. The van der Waals surface area contributed by atoms with Crippen LogP contribution in [0.2, 0.25) is 0 Å². The van der Waals surface area contributed by atoms with Crippen LogP contribution >= 0.6 is 0 Å². The summed E-state index contributed by atoms with van der Waals surface area (Å²) in [6.45, 7) is 3.06. The second-order valence-electron chi connectivity index (χ2n) is 5.23. The topological polar surface area (TPSA) is 46.6 Å². The number of methoxy groups -OCH3 is 1. The Hall–Kier alpha value is -1.91. The first-order chi connectivity index (χ1) is 10.1. The highest BCUT2D eigenvalue weighted by Gasteiger charge is 2.27. The molecule has 0 saturated carbocycles. The molecule has 21 heavy (non-hydrogen) atoms. The molecule has 0 radical (unpaired) electrons. The van der Waals surface area contributed by atoms with Crippen molar-refractivity contribution in [1.82, 2.24) is 4.90 Å². The number of rotatable bonds is 3. The number of ether oxygens (including phenoxy) is 1. The summed E-state index contributed by atoms with van der Waals surface area (Å²) >= 11 is 0. The van der Waals surface area contributed by atoms with Crippen LogP contribution in [0.1, 0.15) is 48.0 Å². The number of nitrogens with zero attached hydrogens (tertiary/aromatic N) is 1. The molecule has 0 bridgehead atoms. The maximum Gasteiger partial charge on any atom is 0.340 e. The molecule has 1 aromatic carbocycles. The number of carbonyl (C=O) groups is 2. The molecule has 1 fully saturated rings. The first-order valence-corrected chi connectivity index (χ1v) is 7.23. The van der Waals surface area contributed by atoms with Gasteiger partial charge in [0.05, 0.1) is 12.7 Å². The lowest BCUT2D eigenvalue weighted by molar-refractivity contribution is -0.132. The lowest BCUT2D eigenvalue weighted by atomic mass is 9.89. The number of amides is 1. The molecule has 1 aliphatic rings. The van der Waals surface area contributed by atoms with Crippen molar-refractivity contribution in [2.75, 3.05) is 20.2 Å². The van der Waals surface area contributed by atoms with Crippen LogP contribution in [0.15, 0.2) is 18.2 Å². The van der Waals surface area contributed by atoms with Crippen LogP contribution in [0.25, 0.3) is 0 Å². The van der Waals surface area contributed by atoms with Gasteiger partial charge in [0.1, 0.15) is 5.82 Å². The third kappa shape index (κ3) is 3.23. The van der Waals surface area contributed by atoms with Crippen LogP contribution in [0.5, 0.6) is 0 Å². The summed E-state index contributed by atoms with van der Waals surface area (Å²) < 4.78 is 19.1. The van der Waals surface area contributed by atoms with Gasteiger partial charge in [-0.3, -0.25) is 4.79 Å². The molecule has 5 heteroatoms. The molecule has 1 heterocycles. The Morgan fingerprint density at radius 2 is 2.19 bits per heavy atom. The quantitative estimate of drug-likeness (QED) is 0.805. The number of piperidine rings is 1. The predicted octanol–water partition coefficient (Wildman–Crippen LogP) is 2.73. The Kier molecular flexibility index (Phi) is 4.94. The number of hydrogen-bond acceptors (Lipinski definition) is 3. The van der Waals surface area contributed by atoms with Gasteiger partial charge in [-0.15, -0.1) is 0 Å². The molecule has 114 valence electrons. The second kappa shape index (κ2) is 6.70. The van der Waals surface area contributed by atoms with Crippen molar-refractivity contribution in [2.24, 2.45) is 0 Å². The number of benzene rings is 1. The first-order valence-electron chi connectivity index (χ1n) is 7.23. The van der Waals surface area contributed by atoms with Crippen molar-refractivity contribution >= 4 is 11.9 Å². The van der Waals surface area contributed by atoms with Crippen molar-refractivity contribution in [3.63, 3.8) is 0 Å². The minimum absolute atomic E-state index is 0.0473. The highest BCUT2D eigenvalue weighted by molar-refractivity contribution is 5.89. The zero-order valence-electron chi connectivity index (χ0n) is 12.4. The lowest BCUT2D eigenvalue weighted by Gasteiger charge is -2.33. The normalized spacial score (nSPS) is 18.4. The van der Waals surface area contributed by atoms with Crippen LogP contribution in [-0.2, 0) is 9.53 Å². The minimum atomic E-state index is -0.674. The number of hydrogen-bond donors (Lipinski definition) is 0. The van der Waals surface area contributed by atoms with Crippen LogP contribution in [0, 0.1) is 5.82 Å². The second-order valence-corrected chi connectivity index (χ2v) is 5.23. The van der Waals surface area contributed by atoms with Crippen molar-refractivity contribution in [3.8, 4) is 0 Å². The molecule has 0 N–H and O–H groups in total. The van der Waals surface area contributed by atoms with Gasteiger partial charge in [-0.1, -0.05) is 19.1 Å². The highest BCUT2D eigenvalue weighted by atomic mass is 19.1. The van der Waals surface area contributed by atoms with Crippen LogP contribution in [0.3, 0.4) is 0 Å². The van der Waals surface area contributed by atoms with E-state index in [0.717, 1.165) is 19.4 Å². The van der Waals surface area contributed by atoms with E-state index < -0.39 is 11.8 Å². The Morgan fingerprint density at radius 1 is 1.43 bits per heavy atom. The summed E-state index contributed by atoms with van der Waals surface area (Å²) in [5.41, 5.74) is 0.445. The van der Waals surface area contributed by atoms with Crippen molar-refractivity contribution < 1.29 is 18.7 Å². The van der Waals surface area contributed by atoms with Crippen LogP contribution < -0.4 is 0 Å². The zero-order valence-corrected chi connectivity index (χ0v) is 12.4. The Bertz CT molecular complexity index is 544. The molecule has 0 aliphatic carbocycles. The minimum Gasteiger partial charge on any atom is -0.465 e. The van der Waals surface area contributed by atoms with Crippen molar-refractivity contribution in [3.05, 3.63) is 35.1 Å². The Morgan fingerprint density at radius 3 is 2.86 bits per heavy atom. The zero-order chi connectivity index (χ0) is 15.4. The molecule has 0 unspecified atom stereocenters. The summed E-state index contributed by atoms with van der Waals surface area (Å²) in [5.74, 6) is -1.19. The summed E-state index contributed by atoms with van der Waals surface area (Å²) in [7, 11) is 1.23. The molecule has 2 rings (SSSR count). The van der Waals surface area contributed by atoms with Crippen molar-refractivity contribution in [1.29, 1.82) is 0 Å². The lowest BCUT2D eigenvalue weighted by Crippen LogP contribution is -2.39. The molecule has 0 spiro atoms. The molecule has 1 saturated heterocycles. The molecule has 1 aromatic rings. The van der Waals surface area contributed by atoms with Gasteiger partial charge in [0.15, 0.2) is 0 Å². The number of esters is 1. The van der Waals surface area contributed by atoms with Crippen molar-refractivity contribution in [2.45, 2.75) is 32.1 Å². The molecular formula is C16H20FNO3. The fourth-order valence-corrected chi connectivity index (χ4v) is 2.81. The number of likely N-dealkylation sites (tertiary alicyclic amines) is 1. The largest absolute Gasteiger partial charge is 0.465 e. The van der Waals surface area contributed by atoms with E-state index in [4.69, 9.17) is 0 Å². The Balaban J connectivity index is 2.25. The molecule has 1 aliphatic heterocycles.